The van der Waals surface area contributed by atoms with E-state index in [0.717, 1.165) is 12.5 Å². The average Bonchev–Trinajstić information content (AvgIpc) is 3.01. The molecule has 0 amide bonds. The molecule has 0 saturated carbocycles. The lowest BCUT2D eigenvalue weighted by atomic mass is 10.1. The molecule has 1 aromatic carbocycles. The van der Waals surface area contributed by atoms with E-state index in [2.05, 4.69) is 5.10 Å². The first-order valence-electron chi connectivity index (χ1n) is 6.93. The molecule has 1 aliphatic rings. The van der Waals surface area contributed by atoms with Crippen LogP contribution < -0.4 is 0 Å². The number of rotatable bonds is 3. The van der Waals surface area contributed by atoms with Gasteiger partial charge in [-0.05, 0) is 31.0 Å². The van der Waals surface area contributed by atoms with Gasteiger partial charge in [-0.25, -0.2) is 12.8 Å². The highest BCUT2D eigenvalue weighted by Crippen LogP contribution is 2.31. The van der Waals surface area contributed by atoms with Crippen LogP contribution in [0.3, 0.4) is 0 Å². The number of halogens is 2. The average molecular weight is 344 g/mol. The normalized spacial score (nSPS) is 20.2. The van der Waals surface area contributed by atoms with E-state index in [9.17, 15) is 12.8 Å². The van der Waals surface area contributed by atoms with E-state index in [4.69, 9.17) is 11.6 Å². The van der Waals surface area contributed by atoms with Crippen molar-refractivity contribution in [1.29, 1.82) is 0 Å². The summed E-state index contributed by atoms with van der Waals surface area (Å²) in [5.74, 6) is -0.825. The minimum Gasteiger partial charge on any atom is -0.268 e. The van der Waals surface area contributed by atoms with Gasteiger partial charge in [-0.1, -0.05) is 17.7 Å². The molecular formula is C14H15ClFN3O2S. The Morgan fingerprint density at radius 1 is 1.32 bits per heavy atom. The fourth-order valence-corrected chi connectivity index (χ4v) is 4.79. The molecule has 3 rings (SSSR count). The first-order chi connectivity index (χ1) is 10.5. The molecule has 118 valence electrons. The zero-order chi connectivity index (χ0) is 15.7. The second-order valence-corrected chi connectivity index (χ2v) is 7.48. The van der Waals surface area contributed by atoms with Gasteiger partial charge in [0.2, 0.25) is 10.0 Å². The van der Waals surface area contributed by atoms with Crippen LogP contribution in [0.1, 0.15) is 18.9 Å². The van der Waals surface area contributed by atoms with Crippen LogP contribution in [-0.2, 0) is 10.0 Å². The monoisotopic (exact) mass is 343 g/mol. The van der Waals surface area contributed by atoms with Crippen molar-refractivity contribution in [2.24, 2.45) is 0 Å². The Morgan fingerprint density at radius 2 is 2.14 bits per heavy atom. The maximum Gasteiger partial charge on any atom is 0.247 e. The predicted molar refractivity (Wildman–Crippen MR) is 80.7 cm³/mol. The number of nitrogens with zero attached hydrogens (tertiary/aromatic N) is 3. The molecule has 1 atom stereocenters. The van der Waals surface area contributed by atoms with Crippen LogP contribution in [0.15, 0.2) is 41.6 Å². The van der Waals surface area contributed by atoms with Crippen molar-refractivity contribution in [1.82, 2.24) is 14.1 Å². The fourth-order valence-electron chi connectivity index (χ4n) is 2.71. The standard InChI is InChI=1S/C14H15ClFN3O2S/c15-12-5-1-6-13(16)14(12)22(20,21)18-8-2-4-11(10-18)19-9-3-7-17-19/h1,3,5-7,9,11H,2,4,8,10H2. The van der Waals surface area contributed by atoms with Crippen LogP contribution in [0.25, 0.3) is 0 Å². The summed E-state index contributed by atoms with van der Waals surface area (Å²) in [4.78, 5) is -0.446. The van der Waals surface area contributed by atoms with Crippen LogP contribution >= 0.6 is 11.6 Å². The van der Waals surface area contributed by atoms with Crippen LogP contribution in [-0.4, -0.2) is 35.6 Å². The second kappa shape index (κ2) is 5.98. The Labute approximate surface area is 133 Å². The SMILES string of the molecule is O=S(=O)(c1c(F)cccc1Cl)N1CCCC(n2cccn2)C1. The summed E-state index contributed by atoms with van der Waals surface area (Å²) in [6.45, 7) is 0.611. The van der Waals surface area contributed by atoms with Crippen molar-refractivity contribution in [3.63, 3.8) is 0 Å². The second-order valence-electron chi connectivity index (χ2n) is 5.20. The third-order valence-corrected chi connectivity index (χ3v) is 6.14. The molecule has 1 unspecified atom stereocenters. The number of sulfonamides is 1. The summed E-state index contributed by atoms with van der Waals surface area (Å²) in [7, 11) is -3.96. The maximum atomic E-state index is 14.0. The number of hydrogen-bond acceptors (Lipinski definition) is 3. The molecular weight excluding hydrogens is 329 g/mol. The van der Waals surface area contributed by atoms with E-state index in [1.165, 1.54) is 16.4 Å². The van der Waals surface area contributed by atoms with Gasteiger partial charge in [-0.15, -0.1) is 0 Å². The third-order valence-electron chi connectivity index (χ3n) is 3.78. The Morgan fingerprint density at radius 3 is 2.82 bits per heavy atom. The van der Waals surface area contributed by atoms with Crippen molar-refractivity contribution in [3.05, 3.63) is 47.5 Å². The van der Waals surface area contributed by atoms with Crippen LogP contribution in [0, 0.1) is 5.82 Å². The largest absolute Gasteiger partial charge is 0.268 e. The smallest absolute Gasteiger partial charge is 0.247 e. The minimum absolute atomic E-state index is 0.0518. The first-order valence-corrected chi connectivity index (χ1v) is 8.75. The molecule has 1 aromatic heterocycles. The van der Waals surface area contributed by atoms with E-state index in [0.29, 0.717) is 13.0 Å². The lowest BCUT2D eigenvalue weighted by Crippen LogP contribution is -2.41. The zero-order valence-corrected chi connectivity index (χ0v) is 13.3. The molecule has 1 saturated heterocycles. The van der Waals surface area contributed by atoms with Crippen LogP contribution in [0.2, 0.25) is 5.02 Å². The highest BCUT2D eigenvalue weighted by Gasteiger charge is 2.34. The Bertz CT molecular complexity index is 744. The van der Waals surface area contributed by atoms with Gasteiger partial charge in [0, 0.05) is 25.5 Å². The van der Waals surface area contributed by atoms with Crippen molar-refractivity contribution >= 4 is 21.6 Å². The van der Waals surface area contributed by atoms with Gasteiger partial charge in [-0.3, -0.25) is 4.68 Å². The molecule has 0 N–H and O–H groups in total. The molecule has 1 aliphatic heterocycles. The van der Waals surface area contributed by atoms with Crippen molar-refractivity contribution in [3.8, 4) is 0 Å². The quantitative estimate of drug-likeness (QED) is 0.861. The van der Waals surface area contributed by atoms with Crippen LogP contribution in [0.4, 0.5) is 4.39 Å². The summed E-state index contributed by atoms with van der Waals surface area (Å²) in [5.41, 5.74) is 0. The topological polar surface area (TPSA) is 55.2 Å². The van der Waals surface area contributed by atoms with E-state index in [1.807, 2.05) is 0 Å². The summed E-state index contributed by atoms with van der Waals surface area (Å²) in [6.07, 6.45) is 4.98. The van der Waals surface area contributed by atoms with Gasteiger partial charge in [0.05, 0.1) is 11.1 Å². The van der Waals surface area contributed by atoms with Gasteiger partial charge in [0.25, 0.3) is 0 Å². The van der Waals surface area contributed by atoms with Gasteiger partial charge >= 0.3 is 0 Å². The molecule has 2 aromatic rings. The summed E-state index contributed by atoms with van der Waals surface area (Å²) < 4.78 is 42.4. The molecule has 8 heteroatoms. The highest BCUT2D eigenvalue weighted by atomic mass is 35.5. The highest BCUT2D eigenvalue weighted by molar-refractivity contribution is 7.89. The van der Waals surface area contributed by atoms with E-state index >= 15 is 0 Å². The lowest BCUT2D eigenvalue weighted by Gasteiger charge is -2.32. The van der Waals surface area contributed by atoms with Gasteiger partial charge < -0.3 is 0 Å². The molecule has 2 heterocycles. The maximum absolute atomic E-state index is 14.0. The van der Waals surface area contributed by atoms with Crippen molar-refractivity contribution in [2.45, 2.75) is 23.8 Å². The molecule has 0 bridgehead atoms. The number of piperidine rings is 1. The summed E-state index contributed by atoms with van der Waals surface area (Å²) in [6, 6.07) is 5.62. The van der Waals surface area contributed by atoms with E-state index < -0.39 is 20.7 Å². The van der Waals surface area contributed by atoms with Crippen LogP contribution in [0.5, 0.6) is 0 Å². The molecule has 1 fully saturated rings. The number of benzene rings is 1. The van der Waals surface area contributed by atoms with Crippen molar-refractivity contribution < 1.29 is 12.8 Å². The number of hydrogen-bond donors (Lipinski definition) is 0. The Hall–Kier alpha value is -1.44. The molecule has 0 aliphatic carbocycles. The zero-order valence-electron chi connectivity index (χ0n) is 11.7. The Kier molecular flexibility index (Phi) is 4.20. The first kappa shape index (κ1) is 15.5. The van der Waals surface area contributed by atoms with E-state index in [-0.39, 0.29) is 17.6 Å². The molecule has 0 spiro atoms. The summed E-state index contributed by atoms with van der Waals surface area (Å²) >= 11 is 5.91. The minimum atomic E-state index is -3.96. The van der Waals surface area contributed by atoms with E-state index in [1.54, 1.807) is 23.1 Å². The van der Waals surface area contributed by atoms with Crippen molar-refractivity contribution in [2.75, 3.05) is 13.1 Å². The molecule has 0 radical (unpaired) electrons. The number of aromatic nitrogens is 2. The molecule has 5 nitrogen and oxygen atoms in total. The Balaban J connectivity index is 1.92. The third kappa shape index (κ3) is 2.76. The lowest BCUT2D eigenvalue weighted by molar-refractivity contribution is 0.253. The summed E-state index contributed by atoms with van der Waals surface area (Å²) in [5, 5.41) is 4.06. The molecule has 22 heavy (non-hydrogen) atoms. The predicted octanol–water partition coefficient (Wildman–Crippen LogP) is 2.70. The van der Waals surface area contributed by atoms with Gasteiger partial charge in [0.15, 0.2) is 0 Å². The van der Waals surface area contributed by atoms with Gasteiger partial charge in [0.1, 0.15) is 10.7 Å². The fraction of sp³-hybridized carbons (Fsp3) is 0.357. The van der Waals surface area contributed by atoms with Gasteiger partial charge in [-0.2, -0.15) is 9.40 Å².